The zero-order valence-electron chi connectivity index (χ0n) is 9.08. The lowest BCUT2D eigenvalue weighted by Crippen LogP contribution is -2.34. The van der Waals surface area contributed by atoms with Crippen LogP contribution in [-0.4, -0.2) is 31.4 Å². The van der Waals surface area contributed by atoms with Crippen LogP contribution in [0.4, 0.5) is 0 Å². The second-order valence-corrected chi connectivity index (χ2v) is 5.28. The molecule has 0 radical (unpaired) electrons. The van der Waals surface area contributed by atoms with Gasteiger partial charge in [-0.15, -0.1) is 11.3 Å². The largest absolute Gasteiger partial charge is 0.348 e. The van der Waals surface area contributed by atoms with Crippen molar-refractivity contribution >= 4 is 28.8 Å². The Bertz CT molecular complexity index is 338. The highest BCUT2D eigenvalue weighted by molar-refractivity contribution is 7.16. The second-order valence-electron chi connectivity index (χ2n) is 3.53. The van der Waals surface area contributed by atoms with Crippen LogP contribution in [0.5, 0.6) is 0 Å². The van der Waals surface area contributed by atoms with Crippen molar-refractivity contribution in [3.8, 4) is 0 Å². The van der Waals surface area contributed by atoms with Gasteiger partial charge in [0.2, 0.25) is 5.91 Å². The first-order valence-electron chi connectivity index (χ1n) is 4.69. The minimum Gasteiger partial charge on any atom is -0.348 e. The van der Waals surface area contributed by atoms with E-state index in [2.05, 4.69) is 5.32 Å². The van der Waals surface area contributed by atoms with Crippen LogP contribution in [0.1, 0.15) is 17.8 Å². The van der Waals surface area contributed by atoms with Crippen molar-refractivity contribution in [3.63, 3.8) is 0 Å². The first kappa shape index (κ1) is 12.5. The summed E-state index contributed by atoms with van der Waals surface area (Å²) in [6, 6.07) is 4.00. The van der Waals surface area contributed by atoms with E-state index in [1.54, 1.807) is 19.0 Å². The number of carbonyl (C=O) groups excluding carboxylic acids is 1. The van der Waals surface area contributed by atoms with E-state index in [-0.39, 0.29) is 11.9 Å². The summed E-state index contributed by atoms with van der Waals surface area (Å²) >= 11 is 7.37. The fraction of sp³-hybridized carbons (Fsp3) is 0.500. The van der Waals surface area contributed by atoms with Crippen molar-refractivity contribution in [2.75, 3.05) is 20.6 Å². The average molecular weight is 247 g/mol. The number of hydrogen-bond donors (Lipinski definition) is 1. The van der Waals surface area contributed by atoms with Crippen LogP contribution in [0.3, 0.4) is 0 Å². The van der Waals surface area contributed by atoms with Crippen molar-refractivity contribution in [3.05, 3.63) is 21.3 Å². The lowest BCUT2D eigenvalue weighted by Gasteiger charge is -2.14. The van der Waals surface area contributed by atoms with Crippen molar-refractivity contribution in [2.45, 2.75) is 13.0 Å². The van der Waals surface area contributed by atoms with Gasteiger partial charge in [0.1, 0.15) is 0 Å². The van der Waals surface area contributed by atoms with E-state index in [4.69, 9.17) is 11.6 Å². The van der Waals surface area contributed by atoms with Gasteiger partial charge in [-0.1, -0.05) is 11.6 Å². The summed E-state index contributed by atoms with van der Waals surface area (Å²) in [7, 11) is 3.49. The first-order chi connectivity index (χ1) is 7.00. The summed E-state index contributed by atoms with van der Waals surface area (Å²) in [5, 5.41) is 3.15. The molecule has 0 bridgehead atoms. The van der Waals surface area contributed by atoms with Crippen LogP contribution < -0.4 is 5.32 Å². The normalized spacial score (nSPS) is 12.5. The summed E-state index contributed by atoms with van der Waals surface area (Å²) < 4.78 is 0.776. The standard InChI is InChI=1S/C10H15ClN2OS/c1-7(8-4-5-9(11)15-8)12-6-10(14)13(2)3/h4-5,7,12H,6H2,1-3H3/t7-/m1/s1. The quantitative estimate of drug-likeness (QED) is 0.883. The van der Waals surface area contributed by atoms with Gasteiger partial charge in [0, 0.05) is 25.0 Å². The molecular weight excluding hydrogens is 232 g/mol. The van der Waals surface area contributed by atoms with E-state index in [1.165, 1.54) is 11.3 Å². The maximum atomic E-state index is 11.3. The Labute approximate surface area is 99.0 Å². The van der Waals surface area contributed by atoms with Crippen LogP contribution in [0.15, 0.2) is 12.1 Å². The number of rotatable bonds is 4. The smallest absolute Gasteiger partial charge is 0.236 e. The van der Waals surface area contributed by atoms with E-state index in [0.29, 0.717) is 6.54 Å². The van der Waals surface area contributed by atoms with E-state index in [0.717, 1.165) is 9.21 Å². The molecule has 1 atom stereocenters. The van der Waals surface area contributed by atoms with E-state index < -0.39 is 0 Å². The third-order valence-electron chi connectivity index (χ3n) is 2.08. The fourth-order valence-corrected chi connectivity index (χ4v) is 2.15. The van der Waals surface area contributed by atoms with Gasteiger partial charge in [-0.25, -0.2) is 0 Å². The van der Waals surface area contributed by atoms with E-state index in [1.807, 2.05) is 19.1 Å². The Morgan fingerprint density at radius 3 is 2.73 bits per heavy atom. The molecule has 1 amide bonds. The number of amides is 1. The molecule has 84 valence electrons. The van der Waals surface area contributed by atoms with Gasteiger partial charge in [-0.2, -0.15) is 0 Å². The number of carbonyl (C=O) groups is 1. The molecule has 1 heterocycles. The zero-order valence-corrected chi connectivity index (χ0v) is 10.7. The molecule has 1 aromatic rings. The Morgan fingerprint density at radius 2 is 2.27 bits per heavy atom. The molecule has 1 aromatic heterocycles. The Balaban J connectivity index is 2.43. The summed E-state index contributed by atoms with van der Waals surface area (Å²) in [4.78, 5) is 14.0. The summed E-state index contributed by atoms with van der Waals surface area (Å²) in [5.41, 5.74) is 0. The molecule has 0 unspecified atom stereocenters. The van der Waals surface area contributed by atoms with E-state index >= 15 is 0 Å². The molecular formula is C10H15ClN2OS. The van der Waals surface area contributed by atoms with Crippen LogP contribution in [0.25, 0.3) is 0 Å². The van der Waals surface area contributed by atoms with Gasteiger partial charge in [-0.3, -0.25) is 4.79 Å². The molecule has 15 heavy (non-hydrogen) atoms. The predicted octanol–water partition coefficient (Wildman–Crippen LogP) is 2.14. The highest BCUT2D eigenvalue weighted by Gasteiger charge is 2.10. The predicted molar refractivity (Wildman–Crippen MR) is 64.4 cm³/mol. The number of hydrogen-bond acceptors (Lipinski definition) is 3. The monoisotopic (exact) mass is 246 g/mol. The molecule has 0 saturated heterocycles. The highest BCUT2D eigenvalue weighted by atomic mass is 35.5. The van der Waals surface area contributed by atoms with Crippen LogP contribution in [0, 0.1) is 0 Å². The van der Waals surface area contributed by atoms with Crippen LogP contribution in [-0.2, 0) is 4.79 Å². The van der Waals surface area contributed by atoms with Gasteiger partial charge in [0.15, 0.2) is 0 Å². The minimum atomic E-state index is 0.0736. The zero-order chi connectivity index (χ0) is 11.4. The third-order valence-corrected chi connectivity index (χ3v) is 3.49. The van der Waals surface area contributed by atoms with Gasteiger partial charge >= 0.3 is 0 Å². The molecule has 5 heteroatoms. The molecule has 0 aliphatic heterocycles. The minimum absolute atomic E-state index is 0.0736. The summed E-state index contributed by atoms with van der Waals surface area (Å²) in [6.07, 6.45) is 0. The number of thiophene rings is 1. The van der Waals surface area contributed by atoms with Gasteiger partial charge in [-0.05, 0) is 19.1 Å². The maximum absolute atomic E-state index is 11.3. The number of nitrogens with zero attached hydrogens (tertiary/aromatic N) is 1. The number of likely N-dealkylation sites (N-methyl/N-ethyl adjacent to an activating group) is 1. The lowest BCUT2D eigenvalue weighted by molar-refractivity contribution is -0.127. The molecule has 1 rings (SSSR count). The van der Waals surface area contributed by atoms with Crippen LogP contribution >= 0.6 is 22.9 Å². The van der Waals surface area contributed by atoms with Gasteiger partial charge in [0.05, 0.1) is 10.9 Å². The SMILES string of the molecule is C[C@@H](NCC(=O)N(C)C)c1ccc(Cl)s1. The van der Waals surface area contributed by atoms with Crippen molar-refractivity contribution in [1.29, 1.82) is 0 Å². The van der Waals surface area contributed by atoms with Crippen molar-refractivity contribution in [2.24, 2.45) is 0 Å². The fourth-order valence-electron chi connectivity index (χ4n) is 1.06. The number of halogens is 1. The number of nitrogens with one attached hydrogen (secondary N) is 1. The molecule has 3 nitrogen and oxygen atoms in total. The Morgan fingerprint density at radius 1 is 1.60 bits per heavy atom. The molecule has 0 aliphatic rings. The summed E-state index contributed by atoms with van der Waals surface area (Å²) in [5.74, 6) is 0.0736. The lowest BCUT2D eigenvalue weighted by atomic mass is 10.3. The van der Waals surface area contributed by atoms with Crippen molar-refractivity contribution in [1.82, 2.24) is 10.2 Å². The Kier molecular flexibility index (Phi) is 4.57. The van der Waals surface area contributed by atoms with Gasteiger partial charge in [0.25, 0.3) is 0 Å². The second kappa shape index (κ2) is 5.49. The topological polar surface area (TPSA) is 32.3 Å². The van der Waals surface area contributed by atoms with Crippen molar-refractivity contribution < 1.29 is 4.79 Å². The highest BCUT2D eigenvalue weighted by Crippen LogP contribution is 2.26. The van der Waals surface area contributed by atoms with Gasteiger partial charge < -0.3 is 10.2 Å². The molecule has 0 aliphatic carbocycles. The molecule has 1 N–H and O–H groups in total. The summed E-state index contributed by atoms with van der Waals surface area (Å²) in [6.45, 7) is 2.37. The average Bonchev–Trinajstić information content (AvgIpc) is 2.60. The van der Waals surface area contributed by atoms with E-state index in [9.17, 15) is 4.79 Å². The first-order valence-corrected chi connectivity index (χ1v) is 5.89. The maximum Gasteiger partial charge on any atom is 0.236 e. The molecule has 0 spiro atoms. The Hall–Kier alpha value is -0.580. The molecule has 0 saturated carbocycles. The molecule has 0 fully saturated rings. The molecule has 0 aromatic carbocycles. The third kappa shape index (κ3) is 3.81. The van der Waals surface area contributed by atoms with Crippen LogP contribution in [0.2, 0.25) is 4.34 Å².